The van der Waals surface area contributed by atoms with Crippen molar-refractivity contribution in [3.05, 3.63) is 64.7 Å². The van der Waals surface area contributed by atoms with Gasteiger partial charge in [-0.1, -0.05) is 18.2 Å². The number of hydrogen-bond donors (Lipinski definition) is 0. The first-order valence-corrected chi connectivity index (χ1v) is 14.9. The number of benzene rings is 2. The van der Waals surface area contributed by atoms with Gasteiger partial charge in [-0.15, -0.1) is 0 Å². The van der Waals surface area contributed by atoms with E-state index in [2.05, 4.69) is 0 Å². The maximum Gasteiger partial charge on any atom is 0.264 e. The van der Waals surface area contributed by atoms with E-state index in [1.165, 1.54) is 43.0 Å². The summed E-state index contributed by atoms with van der Waals surface area (Å²) in [5.74, 6) is -1.75. The Kier molecular flexibility index (Phi) is 8.22. The lowest BCUT2D eigenvalue weighted by Gasteiger charge is -2.28. The predicted molar refractivity (Wildman–Crippen MR) is 135 cm³/mol. The van der Waals surface area contributed by atoms with Crippen molar-refractivity contribution in [2.75, 3.05) is 30.5 Å². The Morgan fingerprint density at radius 2 is 1.41 bits per heavy atom. The normalized spacial score (nSPS) is 15.4. The number of amides is 3. The summed E-state index contributed by atoms with van der Waals surface area (Å²) >= 11 is 0. The number of likely N-dealkylation sites (N-methyl/N-ethyl adjacent to an activating group) is 1. The summed E-state index contributed by atoms with van der Waals surface area (Å²) in [6.07, 6.45) is -0.174. The molecule has 1 aliphatic rings. The average molecular weight is 553 g/mol. The number of imide groups is 1. The predicted octanol–water partition coefficient (Wildman–Crippen LogP) is 2.41. The molecule has 0 saturated carbocycles. The molecule has 1 heterocycles. The zero-order valence-corrected chi connectivity index (χ0v) is 22.6. The van der Waals surface area contributed by atoms with Crippen LogP contribution in [0.4, 0.5) is 5.69 Å². The molecule has 0 fully saturated rings. The van der Waals surface area contributed by atoms with E-state index < -0.39 is 56.7 Å². The van der Waals surface area contributed by atoms with E-state index in [0.29, 0.717) is 5.56 Å². The molecule has 3 rings (SSSR count). The van der Waals surface area contributed by atoms with Gasteiger partial charge in [-0.2, -0.15) is 16.8 Å². The van der Waals surface area contributed by atoms with Crippen LogP contribution in [-0.2, 0) is 33.4 Å². The summed E-state index contributed by atoms with van der Waals surface area (Å²) in [4.78, 5) is 41.0. The molecule has 0 radical (unpaired) electrons. The number of nitrogens with zero attached hydrogens (tertiary/aromatic N) is 2. The number of hydrogen-bond acceptors (Lipinski definition) is 9. The fraction of sp³-hybridized carbons (Fsp3) is 0.375. The van der Waals surface area contributed by atoms with Crippen LogP contribution < -0.4 is 4.90 Å². The molecular weight excluding hydrogens is 524 g/mol. The standard InChI is InChI=1S/C24H28N2O9S2/c1-6-25(22(27)14-26-23(28)18-9-7-8-10-19(18)24(26)29)21-12-11-17(15(2)34-36(4,30)31)13-20(21)16(3)35-37(5,32)33/h7-13,15-16H,6,14H2,1-5H3. The number of carbonyl (C=O) groups is 3. The summed E-state index contributed by atoms with van der Waals surface area (Å²) in [5, 5.41) is 0. The highest BCUT2D eigenvalue weighted by Gasteiger charge is 2.37. The molecule has 0 aliphatic carbocycles. The number of fused-ring (bicyclic) bond motifs is 1. The first-order chi connectivity index (χ1) is 17.1. The first-order valence-electron chi connectivity index (χ1n) is 11.3. The van der Waals surface area contributed by atoms with Gasteiger partial charge in [0.1, 0.15) is 12.6 Å². The van der Waals surface area contributed by atoms with E-state index in [1.807, 2.05) is 0 Å². The van der Waals surface area contributed by atoms with E-state index in [0.717, 1.165) is 17.4 Å². The van der Waals surface area contributed by atoms with Crippen molar-refractivity contribution in [3.63, 3.8) is 0 Å². The van der Waals surface area contributed by atoms with E-state index in [-0.39, 0.29) is 28.9 Å². The van der Waals surface area contributed by atoms with Crippen molar-refractivity contribution in [1.82, 2.24) is 4.90 Å². The smallest absolute Gasteiger partial charge is 0.264 e. The van der Waals surface area contributed by atoms with Gasteiger partial charge in [0.05, 0.1) is 29.7 Å². The van der Waals surface area contributed by atoms with Crippen LogP contribution in [0.3, 0.4) is 0 Å². The monoisotopic (exact) mass is 552 g/mol. The number of carbonyl (C=O) groups excluding carboxylic acids is 3. The van der Waals surface area contributed by atoms with Crippen molar-refractivity contribution in [2.45, 2.75) is 33.0 Å². The van der Waals surface area contributed by atoms with E-state index in [4.69, 9.17) is 8.37 Å². The molecule has 2 atom stereocenters. The van der Waals surface area contributed by atoms with Crippen LogP contribution in [0.5, 0.6) is 0 Å². The zero-order chi connectivity index (χ0) is 27.7. The molecule has 37 heavy (non-hydrogen) atoms. The Morgan fingerprint density at radius 1 is 0.892 bits per heavy atom. The maximum atomic E-state index is 13.4. The van der Waals surface area contributed by atoms with Gasteiger partial charge in [0.25, 0.3) is 32.1 Å². The highest BCUT2D eigenvalue weighted by atomic mass is 32.2. The lowest BCUT2D eigenvalue weighted by Crippen LogP contribution is -2.43. The SMILES string of the molecule is CCN(C(=O)CN1C(=O)c2ccccc2C1=O)c1ccc(C(C)OS(C)(=O)=O)cc1C(C)OS(C)(=O)=O. The van der Waals surface area contributed by atoms with Crippen LogP contribution in [0, 0.1) is 0 Å². The summed E-state index contributed by atoms with van der Waals surface area (Å²) in [6.45, 7) is 4.24. The average Bonchev–Trinajstić information content (AvgIpc) is 3.02. The molecule has 2 unspecified atom stereocenters. The maximum absolute atomic E-state index is 13.4. The Hall–Kier alpha value is -3.13. The Balaban J connectivity index is 1.98. The van der Waals surface area contributed by atoms with Gasteiger partial charge in [-0.05, 0) is 50.6 Å². The molecule has 1 aliphatic heterocycles. The third-order valence-electron chi connectivity index (χ3n) is 5.68. The van der Waals surface area contributed by atoms with Crippen molar-refractivity contribution >= 4 is 43.6 Å². The minimum Gasteiger partial charge on any atom is -0.311 e. The van der Waals surface area contributed by atoms with Crippen LogP contribution in [0.15, 0.2) is 42.5 Å². The van der Waals surface area contributed by atoms with Gasteiger partial charge in [0.2, 0.25) is 5.91 Å². The molecule has 2 aromatic carbocycles. The zero-order valence-electron chi connectivity index (χ0n) is 21.0. The van der Waals surface area contributed by atoms with Crippen LogP contribution in [0.25, 0.3) is 0 Å². The third kappa shape index (κ3) is 6.60. The summed E-state index contributed by atoms with van der Waals surface area (Å²) in [7, 11) is -7.68. The molecule has 0 aromatic heterocycles. The minimum atomic E-state index is -3.89. The van der Waals surface area contributed by atoms with Crippen molar-refractivity contribution in [1.29, 1.82) is 0 Å². The number of rotatable bonds is 10. The van der Waals surface area contributed by atoms with Gasteiger partial charge in [0.15, 0.2) is 0 Å². The quantitative estimate of drug-likeness (QED) is 0.320. The van der Waals surface area contributed by atoms with Gasteiger partial charge in [-0.3, -0.25) is 27.6 Å². The van der Waals surface area contributed by atoms with Gasteiger partial charge >= 0.3 is 0 Å². The Labute approximate surface area is 216 Å². The third-order valence-corrected chi connectivity index (χ3v) is 6.95. The largest absolute Gasteiger partial charge is 0.311 e. The van der Waals surface area contributed by atoms with E-state index >= 15 is 0 Å². The van der Waals surface area contributed by atoms with Crippen LogP contribution in [0.2, 0.25) is 0 Å². The lowest BCUT2D eigenvalue weighted by atomic mass is 10.0. The summed E-state index contributed by atoms with van der Waals surface area (Å²) < 4.78 is 57.0. The van der Waals surface area contributed by atoms with E-state index in [1.54, 1.807) is 25.1 Å². The van der Waals surface area contributed by atoms with E-state index in [9.17, 15) is 31.2 Å². The lowest BCUT2D eigenvalue weighted by molar-refractivity contribution is -0.118. The molecule has 200 valence electrons. The molecule has 11 nitrogen and oxygen atoms in total. The summed E-state index contributed by atoms with van der Waals surface area (Å²) in [5.41, 5.74) is 1.36. The van der Waals surface area contributed by atoms with Crippen molar-refractivity contribution < 1.29 is 39.6 Å². The van der Waals surface area contributed by atoms with Crippen LogP contribution in [-0.4, -0.2) is 65.1 Å². The van der Waals surface area contributed by atoms with Crippen molar-refractivity contribution in [2.24, 2.45) is 0 Å². The summed E-state index contributed by atoms with van der Waals surface area (Å²) in [6, 6.07) is 10.8. The molecule has 13 heteroatoms. The topological polar surface area (TPSA) is 144 Å². The first kappa shape index (κ1) is 28.4. The Bertz CT molecular complexity index is 1420. The molecule has 0 spiro atoms. The fourth-order valence-electron chi connectivity index (χ4n) is 4.11. The second-order valence-corrected chi connectivity index (χ2v) is 11.8. The van der Waals surface area contributed by atoms with Crippen LogP contribution >= 0.6 is 0 Å². The second-order valence-electron chi connectivity index (χ2n) is 8.58. The van der Waals surface area contributed by atoms with Gasteiger partial charge in [0, 0.05) is 17.8 Å². The fourth-order valence-corrected chi connectivity index (χ4v) is 5.38. The highest BCUT2D eigenvalue weighted by Crippen LogP contribution is 2.34. The van der Waals surface area contributed by atoms with Crippen molar-refractivity contribution in [3.8, 4) is 0 Å². The van der Waals surface area contributed by atoms with Crippen LogP contribution in [0.1, 0.15) is 64.8 Å². The minimum absolute atomic E-state index is 0.120. The highest BCUT2D eigenvalue weighted by molar-refractivity contribution is 7.86. The number of anilines is 1. The molecule has 0 N–H and O–H groups in total. The molecule has 2 aromatic rings. The molecule has 0 bridgehead atoms. The van der Waals surface area contributed by atoms with Gasteiger partial charge in [-0.25, -0.2) is 0 Å². The second kappa shape index (κ2) is 10.7. The molecule has 3 amide bonds. The molecular formula is C24H28N2O9S2. The molecule has 0 saturated heterocycles. The van der Waals surface area contributed by atoms with Gasteiger partial charge < -0.3 is 4.90 Å². The Morgan fingerprint density at radius 3 is 1.89 bits per heavy atom.